The number of unbranched alkanes of at least 4 members (excludes halogenated alkanes) is 3. The van der Waals surface area contributed by atoms with Crippen LogP contribution in [0.15, 0.2) is 24.4 Å². The van der Waals surface area contributed by atoms with Crippen molar-refractivity contribution in [2.45, 2.75) is 32.1 Å². The monoisotopic (exact) mass is 206 g/mol. The van der Waals surface area contributed by atoms with Crippen molar-refractivity contribution < 1.29 is 4.74 Å². The summed E-state index contributed by atoms with van der Waals surface area (Å²) in [5.74, 6) is 0. The van der Waals surface area contributed by atoms with Crippen LogP contribution < -0.4 is 0 Å². The van der Waals surface area contributed by atoms with Crippen LogP contribution in [0, 0.1) is 6.92 Å². The maximum atomic E-state index is 5.17. The third-order valence-corrected chi connectivity index (χ3v) is 2.34. The van der Waals surface area contributed by atoms with Gasteiger partial charge in [0, 0.05) is 25.1 Å². The molecule has 1 aromatic heterocycles. The van der Waals surface area contributed by atoms with Crippen LogP contribution in [0.25, 0.3) is 0 Å². The molecule has 0 spiro atoms. The molecule has 0 atom stereocenters. The normalized spacial score (nSPS) is 10.5. The van der Waals surface area contributed by atoms with Gasteiger partial charge in [-0.1, -0.05) is 18.9 Å². The van der Waals surface area contributed by atoms with Crippen LogP contribution >= 0.6 is 0 Å². The Bertz CT molecular complexity index is 236. The molecule has 1 rings (SSSR count). The van der Waals surface area contributed by atoms with Gasteiger partial charge >= 0.3 is 0 Å². The van der Waals surface area contributed by atoms with Crippen LogP contribution in [0.4, 0.5) is 0 Å². The standard InChI is InChI=1S/C13H20NO/c1-2-15-12-8-4-3-5-9-13-10-6-7-11-14-13/h6-7,10-11H,1-5,8-9,12H2. The van der Waals surface area contributed by atoms with Gasteiger partial charge in [0.05, 0.1) is 0 Å². The SMILES string of the molecule is [CH2]COCCCCCCc1ccccn1. The lowest BCUT2D eigenvalue weighted by Gasteiger charge is -2.01. The topological polar surface area (TPSA) is 22.1 Å². The first-order chi connectivity index (χ1) is 7.43. The average Bonchev–Trinajstić information content (AvgIpc) is 2.29. The molecular weight excluding hydrogens is 186 g/mol. The summed E-state index contributed by atoms with van der Waals surface area (Å²) in [6, 6.07) is 6.09. The molecule has 2 nitrogen and oxygen atoms in total. The van der Waals surface area contributed by atoms with E-state index < -0.39 is 0 Å². The van der Waals surface area contributed by atoms with Crippen molar-refractivity contribution in [3.05, 3.63) is 37.0 Å². The van der Waals surface area contributed by atoms with Crippen molar-refractivity contribution >= 4 is 0 Å². The summed E-state index contributed by atoms with van der Waals surface area (Å²) in [6.07, 6.45) is 7.83. The average molecular weight is 206 g/mol. The minimum absolute atomic E-state index is 0.591. The second-order valence-electron chi connectivity index (χ2n) is 3.60. The minimum Gasteiger partial charge on any atom is -0.381 e. The Labute approximate surface area is 92.7 Å². The van der Waals surface area contributed by atoms with Crippen molar-refractivity contribution in [1.82, 2.24) is 4.98 Å². The second kappa shape index (κ2) is 8.42. The van der Waals surface area contributed by atoms with E-state index in [1.54, 1.807) is 0 Å². The summed E-state index contributed by atoms with van der Waals surface area (Å²) in [5, 5.41) is 0. The number of aromatic nitrogens is 1. The largest absolute Gasteiger partial charge is 0.381 e. The number of rotatable bonds is 8. The molecule has 1 heterocycles. The Morgan fingerprint density at radius 3 is 2.73 bits per heavy atom. The Morgan fingerprint density at radius 1 is 1.13 bits per heavy atom. The first-order valence-corrected chi connectivity index (χ1v) is 5.70. The number of aryl methyl sites for hydroxylation is 1. The summed E-state index contributed by atoms with van der Waals surface area (Å²) in [4.78, 5) is 4.29. The highest BCUT2D eigenvalue weighted by Gasteiger charge is 1.93. The number of hydrogen-bond donors (Lipinski definition) is 0. The quantitative estimate of drug-likeness (QED) is 0.610. The molecule has 1 aromatic rings. The lowest BCUT2D eigenvalue weighted by Crippen LogP contribution is -1.94. The number of pyridine rings is 1. The second-order valence-corrected chi connectivity index (χ2v) is 3.60. The first-order valence-electron chi connectivity index (χ1n) is 5.70. The zero-order valence-electron chi connectivity index (χ0n) is 9.32. The van der Waals surface area contributed by atoms with Crippen molar-refractivity contribution in [3.8, 4) is 0 Å². The van der Waals surface area contributed by atoms with E-state index in [0.717, 1.165) is 19.4 Å². The number of ether oxygens (including phenoxy) is 1. The predicted octanol–water partition coefficient (Wildman–Crippen LogP) is 3.04. The molecule has 15 heavy (non-hydrogen) atoms. The first kappa shape index (κ1) is 12.2. The Hall–Kier alpha value is -0.890. The van der Waals surface area contributed by atoms with Crippen LogP contribution in [0.1, 0.15) is 31.4 Å². The van der Waals surface area contributed by atoms with E-state index in [1.807, 2.05) is 18.3 Å². The van der Waals surface area contributed by atoms with Gasteiger partial charge in [0.1, 0.15) is 0 Å². The molecule has 1 radical (unpaired) electrons. The third-order valence-electron chi connectivity index (χ3n) is 2.34. The summed E-state index contributed by atoms with van der Waals surface area (Å²) < 4.78 is 5.17. The Balaban J connectivity index is 1.93. The van der Waals surface area contributed by atoms with Crippen molar-refractivity contribution in [2.24, 2.45) is 0 Å². The van der Waals surface area contributed by atoms with Crippen LogP contribution in [-0.4, -0.2) is 18.2 Å². The highest BCUT2D eigenvalue weighted by atomic mass is 16.5. The summed E-state index contributed by atoms with van der Waals surface area (Å²) >= 11 is 0. The molecule has 0 N–H and O–H groups in total. The highest BCUT2D eigenvalue weighted by Crippen LogP contribution is 2.05. The Morgan fingerprint density at radius 2 is 2.00 bits per heavy atom. The van der Waals surface area contributed by atoms with Crippen LogP contribution in [-0.2, 0) is 11.2 Å². The maximum Gasteiger partial charge on any atom is 0.0466 e. The molecule has 0 aliphatic carbocycles. The molecule has 0 aromatic carbocycles. The minimum atomic E-state index is 0.591. The summed E-state index contributed by atoms with van der Waals surface area (Å²) in [7, 11) is 0. The predicted molar refractivity (Wildman–Crippen MR) is 62.6 cm³/mol. The van der Waals surface area contributed by atoms with Gasteiger partial charge in [0.15, 0.2) is 0 Å². The van der Waals surface area contributed by atoms with Gasteiger partial charge < -0.3 is 4.74 Å². The molecule has 0 saturated heterocycles. The van der Waals surface area contributed by atoms with Crippen molar-refractivity contribution in [2.75, 3.05) is 13.2 Å². The molecule has 83 valence electrons. The Kier molecular flexibility index (Phi) is 6.84. The summed E-state index contributed by atoms with van der Waals surface area (Å²) in [6.45, 7) is 5.07. The van der Waals surface area contributed by atoms with E-state index in [2.05, 4.69) is 18.0 Å². The smallest absolute Gasteiger partial charge is 0.0466 e. The van der Waals surface area contributed by atoms with Crippen molar-refractivity contribution in [1.29, 1.82) is 0 Å². The fourth-order valence-electron chi connectivity index (χ4n) is 1.51. The molecule has 2 heteroatoms. The van der Waals surface area contributed by atoms with E-state index in [9.17, 15) is 0 Å². The van der Waals surface area contributed by atoms with Gasteiger partial charge in [-0.15, -0.1) is 0 Å². The van der Waals surface area contributed by atoms with Crippen molar-refractivity contribution in [3.63, 3.8) is 0 Å². The van der Waals surface area contributed by atoms with Crippen LogP contribution in [0.5, 0.6) is 0 Å². The number of hydrogen-bond acceptors (Lipinski definition) is 2. The van der Waals surface area contributed by atoms with Gasteiger partial charge in [-0.05, 0) is 38.3 Å². The van der Waals surface area contributed by atoms with Gasteiger partial charge in [-0.2, -0.15) is 0 Å². The highest BCUT2D eigenvalue weighted by molar-refractivity contribution is 5.03. The fraction of sp³-hybridized carbons (Fsp3) is 0.538. The van der Waals surface area contributed by atoms with Crippen LogP contribution in [0.3, 0.4) is 0 Å². The molecule has 0 aliphatic heterocycles. The zero-order valence-corrected chi connectivity index (χ0v) is 9.32. The van der Waals surface area contributed by atoms with Crippen LogP contribution in [0.2, 0.25) is 0 Å². The van der Waals surface area contributed by atoms with E-state index in [-0.39, 0.29) is 0 Å². The van der Waals surface area contributed by atoms with Gasteiger partial charge in [0.25, 0.3) is 0 Å². The molecular formula is C13H20NO. The molecule has 0 unspecified atom stereocenters. The number of nitrogens with zero attached hydrogens (tertiary/aromatic N) is 1. The lowest BCUT2D eigenvalue weighted by molar-refractivity contribution is 0.156. The molecule has 0 saturated carbocycles. The zero-order chi connectivity index (χ0) is 10.8. The fourth-order valence-corrected chi connectivity index (χ4v) is 1.51. The molecule has 0 aliphatic rings. The molecule has 0 amide bonds. The molecule has 0 bridgehead atoms. The summed E-state index contributed by atoms with van der Waals surface area (Å²) in [5.41, 5.74) is 1.20. The van der Waals surface area contributed by atoms with E-state index in [0.29, 0.717) is 6.61 Å². The lowest BCUT2D eigenvalue weighted by atomic mass is 10.1. The van der Waals surface area contributed by atoms with E-state index in [1.165, 1.54) is 25.0 Å². The van der Waals surface area contributed by atoms with Gasteiger partial charge in [0.2, 0.25) is 0 Å². The molecule has 0 fully saturated rings. The van der Waals surface area contributed by atoms with E-state index >= 15 is 0 Å². The van der Waals surface area contributed by atoms with Gasteiger partial charge in [-0.25, -0.2) is 0 Å². The van der Waals surface area contributed by atoms with Gasteiger partial charge in [-0.3, -0.25) is 4.98 Å². The van der Waals surface area contributed by atoms with E-state index in [4.69, 9.17) is 4.74 Å². The maximum absolute atomic E-state index is 5.17. The third kappa shape index (κ3) is 6.24.